The van der Waals surface area contributed by atoms with Crippen molar-refractivity contribution in [1.82, 2.24) is 20.1 Å². The standard InChI is InChI=1S/C22H31N5O/c1-17-5-7-19(8-6-17)26-22(13-3-2-4-14-22)21(28)25-18-9-11-20(12-10-18)27-16-23-15-24-27/h5-8,15-16,18,20,26H,2-4,9-14H2,1H3,(H,25,28). The Morgan fingerprint density at radius 1 is 1.07 bits per heavy atom. The summed E-state index contributed by atoms with van der Waals surface area (Å²) in [5.41, 5.74) is 1.80. The molecule has 0 aliphatic heterocycles. The lowest BCUT2D eigenvalue weighted by Crippen LogP contribution is -2.56. The number of benzene rings is 1. The van der Waals surface area contributed by atoms with E-state index in [0.717, 1.165) is 57.1 Å². The summed E-state index contributed by atoms with van der Waals surface area (Å²) in [5.74, 6) is 0.178. The highest BCUT2D eigenvalue weighted by molar-refractivity contribution is 5.89. The molecular formula is C22H31N5O. The van der Waals surface area contributed by atoms with Gasteiger partial charge in [-0.2, -0.15) is 5.10 Å². The number of anilines is 1. The summed E-state index contributed by atoms with van der Waals surface area (Å²) in [7, 11) is 0. The summed E-state index contributed by atoms with van der Waals surface area (Å²) >= 11 is 0. The number of aromatic nitrogens is 3. The fourth-order valence-electron chi connectivity index (χ4n) is 4.69. The molecule has 0 radical (unpaired) electrons. The molecule has 1 heterocycles. The van der Waals surface area contributed by atoms with Gasteiger partial charge in [0.2, 0.25) is 5.91 Å². The number of amides is 1. The smallest absolute Gasteiger partial charge is 0.245 e. The van der Waals surface area contributed by atoms with Crippen LogP contribution < -0.4 is 10.6 Å². The van der Waals surface area contributed by atoms with Gasteiger partial charge in [-0.1, -0.05) is 37.0 Å². The summed E-state index contributed by atoms with van der Waals surface area (Å²) in [6.45, 7) is 2.09. The van der Waals surface area contributed by atoms with E-state index in [1.54, 1.807) is 12.7 Å². The Morgan fingerprint density at radius 2 is 1.79 bits per heavy atom. The maximum absolute atomic E-state index is 13.4. The molecule has 0 spiro atoms. The zero-order valence-electron chi connectivity index (χ0n) is 16.7. The van der Waals surface area contributed by atoms with Gasteiger partial charge in [-0.3, -0.25) is 4.79 Å². The van der Waals surface area contributed by atoms with Gasteiger partial charge < -0.3 is 10.6 Å². The lowest BCUT2D eigenvalue weighted by Gasteiger charge is -2.39. The van der Waals surface area contributed by atoms with E-state index in [9.17, 15) is 4.79 Å². The number of nitrogens with zero attached hydrogens (tertiary/aromatic N) is 3. The van der Waals surface area contributed by atoms with Crippen LogP contribution in [0.15, 0.2) is 36.9 Å². The van der Waals surface area contributed by atoms with Crippen molar-refractivity contribution < 1.29 is 4.79 Å². The van der Waals surface area contributed by atoms with Crippen molar-refractivity contribution in [3.05, 3.63) is 42.5 Å². The molecule has 6 heteroatoms. The number of rotatable bonds is 5. The summed E-state index contributed by atoms with van der Waals surface area (Å²) in [5, 5.41) is 11.3. The Labute approximate surface area is 167 Å². The minimum Gasteiger partial charge on any atom is -0.371 e. The first-order chi connectivity index (χ1) is 13.6. The predicted octanol–water partition coefficient (Wildman–Crippen LogP) is 4.00. The van der Waals surface area contributed by atoms with Gasteiger partial charge in [-0.05, 0) is 57.6 Å². The molecule has 2 aliphatic carbocycles. The molecule has 0 bridgehead atoms. The molecule has 0 atom stereocenters. The molecule has 2 fully saturated rings. The summed E-state index contributed by atoms with van der Waals surface area (Å²) in [4.78, 5) is 17.4. The highest BCUT2D eigenvalue weighted by Crippen LogP contribution is 2.33. The normalized spacial score (nSPS) is 24.5. The van der Waals surface area contributed by atoms with Gasteiger partial charge in [0.25, 0.3) is 0 Å². The molecule has 1 aromatic carbocycles. The predicted molar refractivity (Wildman–Crippen MR) is 110 cm³/mol. The fourth-order valence-corrected chi connectivity index (χ4v) is 4.69. The minimum atomic E-state index is -0.476. The quantitative estimate of drug-likeness (QED) is 0.821. The molecule has 0 saturated heterocycles. The van der Waals surface area contributed by atoms with Crippen LogP contribution in [0.5, 0.6) is 0 Å². The van der Waals surface area contributed by atoms with Crippen LogP contribution in [0.3, 0.4) is 0 Å². The number of hydrogen-bond acceptors (Lipinski definition) is 4. The molecule has 150 valence electrons. The Kier molecular flexibility index (Phi) is 5.64. The monoisotopic (exact) mass is 381 g/mol. The third-order valence-electron chi connectivity index (χ3n) is 6.42. The fraction of sp³-hybridized carbons (Fsp3) is 0.591. The molecule has 6 nitrogen and oxygen atoms in total. The second-order valence-corrected chi connectivity index (χ2v) is 8.49. The lowest BCUT2D eigenvalue weighted by atomic mass is 9.80. The third kappa shape index (κ3) is 4.21. The number of nitrogens with one attached hydrogen (secondary N) is 2. The number of carbonyl (C=O) groups is 1. The third-order valence-corrected chi connectivity index (χ3v) is 6.42. The molecule has 4 rings (SSSR count). The van der Waals surface area contributed by atoms with Crippen LogP contribution >= 0.6 is 0 Å². The Hall–Kier alpha value is -2.37. The van der Waals surface area contributed by atoms with E-state index >= 15 is 0 Å². The molecule has 28 heavy (non-hydrogen) atoms. The van der Waals surface area contributed by atoms with E-state index in [0.29, 0.717) is 6.04 Å². The minimum absolute atomic E-state index is 0.178. The van der Waals surface area contributed by atoms with Crippen LogP contribution in [-0.2, 0) is 4.79 Å². The van der Waals surface area contributed by atoms with Crippen molar-refractivity contribution in [3.63, 3.8) is 0 Å². The van der Waals surface area contributed by atoms with Crippen molar-refractivity contribution >= 4 is 11.6 Å². The highest BCUT2D eigenvalue weighted by Gasteiger charge is 2.40. The Balaban J connectivity index is 1.39. The number of hydrogen-bond donors (Lipinski definition) is 2. The molecule has 1 aromatic heterocycles. The van der Waals surface area contributed by atoms with Gasteiger partial charge in [0, 0.05) is 11.7 Å². The van der Waals surface area contributed by atoms with E-state index in [4.69, 9.17) is 0 Å². The van der Waals surface area contributed by atoms with Gasteiger partial charge in [-0.15, -0.1) is 0 Å². The van der Waals surface area contributed by atoms with E-state index in [1.807, 2.05) is 4.68 Å². The number of aryl methyl sites for hydroxylation is 1. The summed E-state index contributed by atoms with van der Waals surface area (Å²) in [6, 6.07) is 9.03. The second-order valence-electron chi connectivity index (χ2n) is 8.49. The van der Waals surface area contributed by atoms with Crippen molar-refractivity contribution in [2.45, 2.75) is 82.3 Å². The van der Waals surface area contributed by atoms with Crippen LogP contribution in [0, 0.1) is 6.92 Å². The second kappa shape index (κ2) is 8.33. The first-order valence-corrected chi connectivity index (χ1v) is 10.6. The maximum Gasteiger partial charge on any atom is 0.245 e. The van der Waals surface area contributed by atoms with Gasteiger partial charge in [0.05, 0.1) is 6.04 Å². The molecule has 2 N–H and O–H groups in total. The lowest BCUT2D eigenvalue weighted by molar-refractivity contribution is -0.127. The molecule has 2 aliphatic rings. The van der Waals surface area contributed by atoms with Crippen molar-refractivity contribution in [1.29, 1.82) is 0 Å². The SMILES string of the molecule is Cc1ccc(NC2(C(=O)NC3CCC(n4cncn4)CC3)CCCCC2)cc1. The van der Waals surface area contributed by atoms with Crippen LogP contribution in [0.25, 0.3) is 0 Å². The number of carbonyl (C=O) groups excluding carboxylic acids is 1. The summed E-state index contributed by atoms with van der Waals surface area (Å²) in [6.07, 6.45) is 12.7. The van der Waals surface area contributed by atoms with Crippen LogP contribution in [0.4, 0.5) is 5.69 Å². The van der Waals surface area contributed by atoms with Crippen molar-refractivity contribution in [2.75, 3.05) is 5.32 Å². The molecule has 0 unspecified atom stereocenters. The van der Waals surface area contributed by atoms with Gasteiger partial charge in [0.1, 0.15) is 18.2 Å². The van der Waals surface area contributed by atoms with Gasteiger partial charge >= 0.3 is 0 Å². The average Bonchev–Trinajstić information content (AvgIpc) is 3.26. The molecular weight excluding hydrogens is 350 g/mol. The van der Waals surface area contributed by atoms with E-state index < -0.39 is 5.54 Å². The topological polar surface area (TPSA) is 71.8 Å². The van der Waals surface area contributed by atoms with Gasteiger partial charge in [0.15, 0.2) is 0 Å². The highest BCUT2D eigenvalue weighted by atomic mass is 16.2. The molecule has 2 aromatic rings. The Morgan fingerprint density at radius 3 is 2.43 bits per heavy atom. The van der Waals surface area contributed by atoms with E-state index in [-0.39, 0.29) is 11.9 Å². The van der Waals surface area contributed by atoms with Crippen LogP contribution in [0.2, 0.25) is 0 Å². The first kappa shape index (κ1) is 19.0. The van der Waals surface area contributed by atoms with Crippen LogP contribution in [-0.4, -0.2) is 32.3 Å². The van der Waals surface area contributed by atoms with Crippen LogP contribution in [0.1, 0.15) is 69.4 Å². The Bertz CT molecular complexity index is 757. The first-order valence-electron chi connectivity index (χ1n) is 10.6. The molecule has 2 saturated carbocycles. The maximum atomic E-state index is 13.4. The molecule has 1 amide bonds. The zero-order valence-corrected chi connectivity index (χ0v) is 16.7. The average molecular weight is 382 g/mol. The van der Waals surface area contributed by atoms with Crippen molar-refractivity contribution in [3.8, 4) is 0 Å². The summed E-state index contributed by atoms with van der Waals surface area (Å²) < 4.78 is 1.96. The van der Waals surface area contributed by atoms with E-state index in [2.05, 4.69) is 51.9 Å². The van der Waals surface area contributed by atoms with Crippen molar-refractivity contribution in [2.24, 2.45) is 0 Å². The van der Waals surface area contributed by atoms with Gasteiger partial charge in [-0.25, -0.2) is 9.67 Å². The largest absolute Gasteiger partial charge is 0.371 e. The van der Waals surface area contributed by atoms with E-state index in [1.165, 1.54) is 12.0 Å². The zero-order chi connectivity index (χ0) is 19.4.